The molecule has 1 amide bonds. The summed E-state index contributed by atoms with van der Waals surface area (Å²) in [5, 5.41) is 0.610. The summed E-state index contributed by atoms with van der Waals surface area (Å²) in [6, 6.07) is 11.5. The summed E-state index contributed by atoms with van der Waals surface area (Å²) in [6.45, 7) is 6.02. The van der Waals surface area contributed by atoms with E-state index in [1.54, 1.807) is 13.1 Å². The van der Waals surface area contributed by atoms with E-state index in [9.17, 15) is 13.2 Å². The molecule has 0 saturated heterocycles. The number of benzene rings is 2. The molecule has 3 aromatic rings. The van der Waals surface area contributed by atoms with Crippen molar-refractivity contribution in [3.8, 4) is 0 Å². The highest BCUT2D eigenvalue weighted by Crippen LogP contribution is 2.22. The van der Waals surface area contributed by atoms with Crippen LogP contribution in [-0.2, 0) is 21.3 Å². The molecule has 7 nitrogen and oxygen atoms in total. The number of fused-ring (bicyclic) bond motifs is 1. The zero-order chi connectivity index (χ0) is 24.0. The van der Waals surface area contributed by atoms with Crippen molar-refractivity contribution < 1.29 is 17.9 Å². The average Bonchev–Trinajstić information content (AvgIpc) is 3.13. The van der Waals surface area contributed by atoms with E-state index in [0.717, 1.165) is 23.1 Å². The number of carbonyl (C=O) groups excluding carboxylic acids is 1. The molecule has 0 fully saturated rings. The maximum Gasteiger partial charge on any atom is 0.279 e. The molecule has 0 aliphatic carbocycles. The monoisotopic (exact) mass is 509 g/mol. The molecule has 1 aromatic heterocycles. The van der Waals surface area contributed by atoms with E-state index in [1.165, 1.54) is 39.9 Å². The molecule has 0 spiro atoms. The van der Waals surface area contributed by atoms with E-state index in [4.69, 9.17) is 16.3 Å². The number of halogens is 1. The van der Waals surface area contributed by atoms with Crippen molar-refractivity contribution in [1.29, 1.82) is 0 Å². The van der Waals surface area contributed by atoms with E-state index in [2.05, 4.69) is 4.99 Å². The van der Waals surface area contributed by atoms with Crippen LogP contribution in [0.15, 0.2) is 52.4 Å². The molecule has 0 N–H and O–H groups in total. The first-order valence-electron chi connectivity index (χ1n) is 10.8. The summed E-state index contributed by atoms with van der Waals surface area (Å²) in [6.07, 6.45) is 1.69. The normalized spacial score (nSPS) is 12.7. The molecule has 0 radical (unpaired) electrons. The van der Waals surface area contributed by atoms with Gasteiger partial charge >= 0.3 is 0 Å². The van der Waals surface area contributed by atoms with Gasteiger partial charge in [-0.2, -0.15) is 4.99 Å². The van der Waals surface area contributed by atoms with Crippen molar-refractivity contribution in [2.75, 3.05) is 26.8 Å². The number of rotatable bonds is 10. The highest BCUT2D eigenvalue weighted by Gasteiger charge is 2.20. The average molecular weight is 510 g/mol. The quantitative estimate of drug-likeness (QED) is 0.375. The number of thiazole rings is 1. The van der Waals surface area contributed by atoms with Gasteiger partial charge in [-0.15, -0.1) is 0 Å². The Hall–Kier alpha value is -2.04. The van der Waals surface area contributed by atoms with Gasteiger partial charge in [-0.1, -0.05) is 36.3 Å². The fourth-order valence-corrected chi connectivity index (χ4v) is 5.79. The second kappa shape index (κ2) is 11.4. The lowest BCUT2D eigenvalue weighted by Gasteiger charge is -2.16. The molecule has 10 heteroatoms. The molecule has 3 rings (SSSR count). The smallest absolute Gasteiger partial charge is 0.279 e. The van der Waals surface area contributed by atoms with Crippen LogP contribution in [0.2, 0.25) is 5.02 Å². The van der Waals surface area contributed by atoms with Gasteiger partial charge in [0.25, 0.3) is 5.91 Å². The van der Waals surface area contributed by atoms with Crippen LogP contribution in [0.25, 0.3) is 10.2 Å². The van der Waals surface area contributed by atoms with Crippen LogP contribution in [0.3, 0.4) is 0 Å². The number of hydrogen-bond acceptors (Lipinski definition) is 5. The van der Waals surface area contributed by atoms with E-state index in [0.29, 0.717) is 41.7 Å². The fourth-order valence-electron chi connectivity index (χ4n) is 3.25. The van der Waals surface area contributed by atoms with Crippen molar-refractivity contribution >= 4 is 49.1 Å². The van der Waals surface area contributed by atoms with Gasteiger partial charge in [0.15, 0.2) is 4.80 Å². The van der Waals surface area contributed by atoms with E-state index >= 15 is 0 Å². The summed E-state index contributed by atoms with van der Waals surface area (Å²) in [4.78, 5) is 17.9. The van der Waals surface area contributed by atoms with Crippen LogP contribution in [0.5, 0.6) is 0 Å². The van der Waals surface area contributed by atoms with Gasteiger partial charge in [-0.05, 0) is 55.8 Å². The van der Waals surface area contributed by atoms with Gasteiger partial charge in [0, 0.05) is 37.3 Å². The Morgan fingerprint density at radius 3 is 2.58 bits per heavy atom. The molecule has 0 atom stereocenters. The number of sulfonamides is 1. The summed E-state index contributed by atoms with van der Waals surface area (Å²) >= 11 is 7.50. The third-order valence-corrected chi connectivity index (χ3v) is 8.29. The van der Waals surface area contributed by atoms with E-state index in [-0.39, 0.29) is 4.90 Å². The molecule has 2 aromatic carbocycles. The van der Waals surface area contributed by atoms with Crippen LogP contribution in [0, 0.1) is 0 Å². The fraction of sp³-hybridized carbons (Fsp3) is 0.391. The molecular weight excluding hydrogens is 482 g/mol. The maximum atomic E-state index is 12.9. The Balaban J connectivity index is 1.91. The molecule has 33 heavy (non-hydrogen) atoms. The predicted octanol–water partition coefficient (Wildman–Crippen LogP) is 4.55. The van der Waals surface area contributed by atoms with Crippen molar-refractivity contribution in [1.82, 2.24) is 8.87 Å². The molecule has 0 saturated carbocycles. The second-order valence-corrected chi connectivity index (χ2v) is 11.0. The first-order valence-corrected chi connectivity index (χ1v) is 13.4. The number of ether oxygens (including phenoxy) is 1. The van der Waals surface area contributed by atoms with Gasteiger partial charge in [-0.3, -0.25) is 4.79 Å². The topological polar surface area (TPSA) is 81.0 Å². The Morgan fingerprint density at radius 2 is 1.91 bits per heavy atom. The van der Waals surface area contributed by atoms with Crippen molar-refractivity contribution in [2.45, 2.75) is 38.1 Å². The van der Waals surface area contributed by atoms with E-state index in [1.807, 2.05) is 30.5 Å². The van der Waals surface area contributed by atoms with Crippen LogP contribution >= 0.6 is 22.9 Å². The first-order chi connectivity index (χ1) is 15.8. The molecule has 0 aliphatic rings. The standard InChI is InChI=1S/C23H28ClN3O4S2/c1-4-6-13-26(3)33(29,30)19-10-7-17(8-11-19)22(28)25-23-27(14-15-31-5-2)20-12-9-18(24)16-21(20)32-23/h7-12,16H,4-6,13-15H2,1-3H3. The first kappa shape index (κ1) is 25.6. The Kier molecular flexibility index (Phi) is 8.83. The van der Waals surface area contributed by atoms with Crippen molar-refractivity contribution in [2.24, 2.45) is 4.99 Å². The zero-order valence-electron chi connectivity index (χ0n) is 19.0. The van der Waals surface area contributed by atoms with Crippen LogP contribution in [0.4, 0.5) is 0 Å². The minimum absolute atomic E-state index is 0.154. The van der Waals surface area contributed by atoms with Gasteiger partial charge in [-0.25, -0.2) is 12.7 Å². The zero-order valence-corrected chi connectivity index (χ0v) is 21.3. The Labute approximate surface area is 203 Å². The van der Waals surface area contributed by atoms with Gasteiger partial charge in [0.2, 0.25) is 10.0 Å². The number of amides is 1. The number of nitrogens with zero attached hydrogens (tertiary/aromatic N) is 3. The summed E-state index contributed by atoms with van der Waals surface area (Å²) < 4.78 is 35.1. The second-order valence-electron chi connectivity index (χ2n) is 7.47. The number of aromatic nitrogens is 1. The van der Waals surface area contributed by atoms with Crippen molar-refractivity contribution in [3.05, 3.63) is 57.9 Å². The minimum atomic E-state index is -3.59. The van der Waals surface area contributed by atoms with Crippen molar-refractivity contribution in [3.63, 3.8) is 0 Å². The van der Waals surface area contributed by atoms with Gasteiger partial charge in [0.1, 0.15) is 0 Å². The molecule has 0 unspecified atom stereocenters. The van der Waals surface area contributed by atoms with E-state index < -0.39 is 15.9 Å². The van der Waals surface area contributed by atoms with Crippen LogP contribution in [0.1, 0.15) is 37.0 Å². The molecular formula is C23H28ClN3O4S2. The molecule has 0 aliphatic heterocycles. The lowest BCUT2D eigenvalue weighted by atomic mass is 10.2. The van der Waals surface area contributed by atoms with Crippen LogP contribution < -0.4 is 4.80 Å². The van der Waals surface area contributed by atoms with Gasteiger partial charge < -0.3 is 9.30 Å². The number of hydrogen-bond donors (Lipinski definition) is 0. The van der Waals surface area contributed by atoms with Gasteiger partial charge in [0.05, 0.1) is 21.7 Å². The summed E-state index contributed by atoms with van der Waals surface area (Å²) in [7, 11) is -2.03. The lowest BCUT2D eigenvalue weighted by molar-refractivity contribution is 0.0996. The molecule has 0 bridgehead atoms. The highest BCUT2D eigenvalue weighted by atomic mass is 35.5. The van der Waals surface area contributed by atoms with Crippen LogP contribution in [-0.4, -0.2) is 50.0 Å². The maximum absolute atomic E-state index is 12.9. The Bertz CT molecular complexity index is 1280. The number of unbranched alkanes of at least 4 members (excludes halogenated alkanes) is 1. The summed E-state index contributed by atoms with van der Waals surface area (Å²) in [5.41, 5.74) is 1.24. The summed E-state index contributed by atoms with van der Waals surface area (Å²) in [5.74, 6) is -0.443. The molecule has 178 valence electrons. The minimum Gasteiger partial charge on any atom is -0.380 e. The predicted molar refractivity (Wildman–Crippen MR) is 132 cm³/mol. The highest BCUT2D eigenvalue weighted by molar-refractivity contribution is 7.89. The molecule has 1 heterocycles. The third-order valence-electron chi connectivity index (χ3n) is 5.14. The lowest BCUT2D eigenvalue weighted by Crippen LogP contribution is -2.27. The SMILES string of the molecule is CCCCN(C)S(=O)(=O)c1ccc(C(=O)N=c2sc3cc(Cl)ccc3n2CCOCC)cc1. The number of carbonyl (C=O) groups is 1. The largest absolute Gasteiger partial charge is 0.380 e. The Morgan fingerprint density at radius 1 is 1.18 bits per heavy atom. The third kappa shape index (κ3) is 6.10.